The molecule has 0 saturated heterocycles. The van der Waals surface area contributed by atoms with Gasteiger partial charge in [0.15, 0.2) is 0 Å². The zero-order chi connectivity index (χ0) is 20.5. The van der Waals surface area contributed by atoms with Crippen molar-refractivity contribution in [3.05, 3.63) is 45.1 Å². The number of alkyl halides is 3. The molecule has 0 aliphatic heterocycles. The number of thiophene rings is 1. The molecule has 0 fully saturated rings. The Hall–Kier alpha value is -1.34. The molecule has 0 aliphatic carbocycles. The summed E-state index contributed by atoms with van der Waals surface area (Å²) in [6.45, 7) is 1.00. The van der Waals surface area contributed by atoms with Gasteiger partial charge in [0.05, 0.1) is 10.6 Å². The number of nitrogens with one attached hydrogen (secondary N) is 2. The molecule has 0 spiro atoms. The zero-order valence-electron chi connectivity index (χ0n) is 13.7. The molecule has 0 bridgehead atoms. The largest absolute Gasteiger partial charge is 0.511 e. The van der Waals surface area contributed by atoms with Crippen LogP contribution in [0.4, 0.5) is 18.9 Å². The van der Waals surface area contributed by atoms with Crippen molar-refractivity contribution in [2.45, 2.75) is 23.7 Å². The Balaban J connectivity index is 2.14. The number of sulfonamides is 2. The summed E-state index contributed by atoms with van der Waals surface area (Å²) in [6, 6.07) is 5.83. The third kappa shape index (κ3) is 5.13. The van der Waals surface area contributed by atoms with Crippen LogP contribution in [-0.2, 0) is 26.5 Å². The van der Waals surface area contributed by atoms with Gasteiger partial charge < -0.3 is 0 Å². The third-order valence-electron chi connectivity index (χ3n) is 3.45. The highest BCUT2D eigenvalue weighted by atomic mass is 35.5. The van der Waals surface area contributed by atoms with E-state index in [9.17, 15) is 30.0 Å². The van der Waals surface area contributed by atoms with E-state index in [0.717, 1.165) is 11.3 Å². The van der Waals surface area contributed by atoms with Crippen LogP contribution in [0.3, 0.4) is 0 Å². The lowest BCUT2D eigenvalue weighted by molar-refractivity contribution is -0.0447. The Kier molecular flexibility index (Phi) is 6.47. The Bertz CT molecular complexity index is 1030. The van der Waals surface area contributed by atoms with Gasteiger partial charge in [0.2, 0.25) is 0 Å². The third-order valence-corrected chi connectivity index (χ3v) is 7.54. The number of anilines is 1. The van der Waals surface area contributed by atoms with E-state index in [1.807, 2.05) is 0 Å². The van der Waals surface area contributed by atoms with Gasteiger partial charge in [-0.1, -0.05) is 17.7 Å². The van der Waals surface area contributed by atoms with E-state index in [4.69, 9.17) is 11.6 Å². The summed E-state index contributed by atoms with van der Waals surface area (Å²) >= 11 is 7.02. The Morgan fingerprint density at radius 3 is 2.44 bits per heavy atom. The first kappa shape index (κ1) is 22.0. The minimum atomic E-state index is -5.45. The highest BCUT2D eigenvalue weighted by molar-refractivity contribution is 7.92. The zero-order valence-corrected chi connectivity index (χ0v) is 16.9. The number of rotatable bonds is 7. The van der Waals surface area contributed by atoms with Crippen LogP contribution in [0, 0.1) is 6.92 Å². The molecule has 1 aromatic heterocycles. The fourth-order valence-electron chi connectivity index (χ4n) is 2.08. The highest BCUT2D eigenvalue weighted by Gasteiger charge is 2.45. The Morgan fingerprint density at radius 2 is 1.81 bits per heavy atom. The number of benzene rings is 1. The maximum Gasteiger partial charge on any atom is 0.511 e. The van der Waals surface area contributed by atoms with E-state index in [2.05, 4.69) is 4.72 Å². The lowest BCUT2D eigenvalue weighted by Gasteiger charge is -2.12. The molecule has 0 atom stereocenters. The highest BCUT2D eigenvalue weighted by Crippen LogP contribution is 2.29. The van der Waals surface area contributed by atoms with E-state index in [1.54, 1.807) is 6.07 Å². The second-order valence-corrected chi connectivity index (χ2v) is 10.1. The average molecular weight is 463 g/mol. The molecule has 0 unspecified atom stereocenters. The summed E-state index contributed by atoms with van der Waals surface area (Å²) in [6.07, 6.45) is -0.126. The molecular formula is C14H14ClF3N2O4S3. The number of hydrogen-bond donors (Lipinski definition) is 2. The molecule has 0 amide bonds. The molecule has 0 aliphatic rings. The number of hydrogen-bond acceptors (Lipinski definition) is 5. The van der Waals surface area contributed by atoms with Crippen LogP contribution in [0.2, 0.25) is 5.02 Å². The molecule has 2 rings (SSSR count). The maximum atomic E-state index is 12.6. The minimum Gasteiger partial charge on any atom is -0.278 e. The van der Waals surface area contributed by atoms with Crippen molar-refractivity contribution >= 4 is 48.7 Å². The fourth-order valence-corrected chi connectivity index (χ4v) is 5.11. The molecule has 1 aromatic carbocycles. The van der Waals surface area contributed by atoms with Crippen molar-refractivity contribution in [3.8, 4) is 0 Å². The minimum absolute atomic E-state index is 0.0371. The van der Waals surface area contributed by atoms with Crippen molar-refractivity contribution in [1.82, 2.24) is 4.72 Å². The van der Waals surface area contributed by atoms with Crippen LogP contribution < -0.4 is 9.44 Å². The maximum absolute atomic E-state index is 12.6. The standard InChI is InChI=1S/C14H14ClF3N2O4S3/c1-9-10(15)3-2-4-13(9)26(21,22)20-11-6-8-25-12(11)5-7-19-27(23,24)14(16,17)18/h2-4,6,8,19-20H,5,7H2,1H3. The van der Waals surface area contributed by atoms with Crippen molar-refractivity contribution in [1.29, 1.82) is 0 Å². The summed E-state index contributed by atoms with van der Waals surface area (Å²) in [5.41, 5.74) is -4.90. The molecule has 6 nitrogen and oxygen atoms in total. The average Bonchev–Trinajstić information content (AvgIpc) is 2.95. The first-order valence-corrected chi connectivity index (χ1v) is 11.5. The molecule has 150 valence electrons. The smallest absolute Gasteiger partial charge is 0.278 e. The van der Waals surface area contributed by atoms with Gasteiger partial charge in [-0.25, -0.2) is 21.6 Å². The normalized spacial score (nSPS) is 12.9. The van der Waals surface area contributed by atoms with Crippen LogP contribution in [0.5, 0.6) is 0 Å². The van der Waals surface area contributed by atoms with Gasteiger partial charge in [0.1, 0.15) is 0 Å². The van der Waals surface area contributed by atoms with Gasteiger partial charge in [-0.3, -0.25) is 4.72 Å². The molecular weight excluding hydrogens is 449 g/mol. The van der Waals surface area contributed by atoms with Gasteiger partial charge >= 0.3 is 15.5 Å². The second kappa shape index (κ2) is 7.95. The van der Waals surface area contributed by atoms with Crippen molar-refractivity contribution < 1.29 is 30.0 Å². The summed E-state index contributed by atoms with van der Waals surface area (Å²) in [4.78, 5) is 0.341. The lowest BCUT2D eigenvalue weighted by atomic mass is 10.2. The first-order valence-electron chi connectivity index (χ1n) is 7.25. The summed E-state index contributed by atoms with van der Waals surface area (Å²) in [7, 11) is -9.43. The van der Waals surface area contributed by atoms with E-state index in [-0.39, 0.29) is 22.0 Å². The fraction of sp³-hybridized carbons (Fsp3) is 0.286. The molecule has 2 aromatic rings. The van der Waals surface area contributed by atoms with Gasteiger partial charge in [-0.15, -0.1) is 11.3 Å². The van der Waals surface area contributed by atoms with Gasteiger partial charge in [-0.2, -0.15) is 13.2 Å². The van der Waals surface area contributed by atoms with Crippen LogP contribution in [0.1, 0.15) is 10.4 Å². The van der Waals surface area contributed by atoms with Crippen molar-refractivity contribution in [2.75, 3.05) is 11.3 Å². The van der Waals surface area contributed by atoms with Crippen molar-refractivity contribution in [3.63, 3.8) is 0 Å². The monoisotopic (exact) mass is 462 g/mol. The second-order valence-electron chi connectivity index (χ2n) is 5.32. The quantitative estimate of drug-likeness (QED) is 0.658. The van der Waals surface area contributed by atoms with E-state index in [1.165, 1.54) is 35.2 Å². The summed E-state index contributed by atoms with van der Waals surface area (Å²) < 4.78 is 87.8. The SMILES string of the molecule is Cc1c(Cl)cccc1S(=O)(=O)Nc1ccsc1CCNS(=O)(=O)C(F)(F)F. The Labute approximate surface area is 163 Å². The summed E-state index contributed by atoms with van der Waals surface area (Å²) in [5, 5.41) is 1.81. The molecule has 27 heavy (non-hydrogen) atoms. The molecule has 0 saturated carbocycles. The molecule has 13 heteroatoms. The Morgan fingerprint density at radius 1 is 1.15 bits per heavy atom. The topological polar surface area (TPSA) is 92.3 Å². The van der Waals surface area contributed by atoms with Crippen molar-refractivity contribution in [2.24, 2.45) is 0 Å². The van der Waals surface area contributed by atoms with Crippen LogP contribution in [0.25, 0.3) is 0 Å². The van der Waals surface area contributed by atoms with Gasteiger partial charge in [0, 0.05) is 16.4 Å². The predicted octanol–water partition coefficient (Wildman–Crippen LogP) is 3.49. The number of halogens is 4. The molecule has 0 radical (unpaired) electrons. The van der Waals surface area contributed by atoms with E-state index >= 15 is 0 Å². The molecule has 2 N–H and O–H groups in total. The van der Waals surface area contributed by atoms with Gasteiger partial charge in [-0.05, 0) is 42.5 Å². The van der Waals surface area contributed by atoms with Crippen LogP contribution in [-0.4, -0.2) is 28.9 Å². The van der Waals surface area contributed by atoms with Gasteiger partial charge in [0.25, 0.3) is 10.0 Å². The molecule has 1 heterocycles. The van der Waals surface area contributed by atoms with E-state index in [0.29, 0.717) is 10.4 Å². The van der Waals surface area contributed by atoms with Crippen LogP contribution in [0.15, 0.2) is 34.5 Å². The van der Waals surface area contributed by atoms with E-state index < -0.39 is 32.1 Å². The summed E-state index contributed by atoms with van der Waals surface area (Å²) in [5.74, 6) is 0. The first-order chi connectivity index (χ1) is 12.3. The lowest BCUT2D eigenvalue weighted by Crippen LogP contribution is -2.37. The predicted molar refractivity (Wildman–Crippen MR) is 98.0 cm³/mol. The van der Waals surface area contributed by atoms with Crippen LogP contribution >= 0.6 is 22.9 Å².